The lowest BCUT2D eigenvalue weighted by atomic mass is 10.1. The van der Waals surface area contributed by atoms with Gasteiger partial charge in [-0.1, -0.05) is 6.92 Å². The molecule has 0 saturated heterocycles. The lowest BCUT2D eigenvalue weighted by Crippen LogP contribution is -2.33. The van der Waals surface area contributed by atoms with Crippen molar-refractivity contribution in [2.24, 2.45) is 0 Å². The number of carbonyl (C=O) groups is 3. The quantitative estimate of drug-likeness (QED) is 0.679. The van der Waals surface area contributed by atoms with Crippen LogP contribution in [0.25, 0.3) is 0 Å². The van der Waals surface area contributed by atoms with E-state index in [2.05, 4.69) is 10.1 Å². The Balaban J connectivity index is 2.25. The van der Waals surface area contributed by atoms with Gasteiger partial charge in [-0.2, -0.15) is 0 Å². The number of amides is 1. The van der Waals surface area contributed by atoms with Crippen molar-refractivity contribution in [1.29, 1.82) is 0 Å². The lowest BCUT2D eigenvalue weighted by Gasteiger charge is -2.19. The first-order chi connectivity index (χ1) is 13.9. The summed E-state index contributed by atoms with van der Waals surface area (Å²) in [5.41, 5.74) is 0.411. The third kappa shape index (κ3) is 5.47. The molecule has 8 heteroatoms. The topological polar surface area (TPSA) is 100 Å². The molecule has 0 spiro atoms. The minimum absolute atomic E-state index is 0.104. The van der Waals surface area contributed by atoms with Crippen molar-refractivity contribution in [1.82, 2.24) is 0 Å². The van der Waals surface area contributed by atoms with Crippen LogP contribution in [0.15, 0.2) is 42.5 Å². The molecule has 2 aromatic carbocycles. The maximum Gasteiger partial charge on any atom is 0.339 e. The van der Waals surface area contributed by atoms with Gasteiger partial charge in [0.05, 0.1) is 38.1 Å². The second-order valence-electron chi connectivity index (χ2n) is 5.92. The molecule has 0 saturated carbocycles. The van der Waals surface area contributed by atoms with E-state index in [1.807, 2.05) is 0 Å². The first-order valence-electron chi connectivity index (χ1n) is 8.85. The smallest absolute Gasteiger partial charge is 0.339 e. The fraction of sp³-hybridized carbons (Fsp3) is 0.286. The lowest BCUT2D eigenvalue weighted by molar-refractivity contribution is -0.122. The predicted octanol–water partition coefficient (Wildman–Crippen LogP) is 3.06. The normalized spacial score (nSPS) is 11.2. The summed E-state index contributed by atoms with van der Waals surface area (Å²) in [5.74, 6) is -0.573. The predicted molar refractivity (Wildman–Crippen MR) is 105 cm³/mol. The standard InChI is InChI=1S/C21H23NO7/c1-5-18(29-15-9-7-14(26-2)8-10-15)19(23)22-17-12-13(20(24)27-3)6-11-16(17)21(25)28-4/h6-12,18H,5H2,1-4H3,(H,22,23)/t18-/m1/s1. The van der Waals surface area contributed by atoms with Gasteiger partial charge in [0.2, 0.25) is 0 Å². The van der Waals surface area contributed by atoms with Crippen molar-refractivity contribution in [3.63, 3.8) is 0 Å². The third-order valence-corrected chi connectivity index (χ3v) is 4.10. The van der Waals surface area contributed by atoms with Crippen molar-refractivity contribution in [3.8, 4) is 11.5 Å². The summed E-state index contributed by atoms with van der Waals surface area (Å²) >= 11 is 0. The van der Waals surface area contributed by atoms with Crippen molar-refractivity contribution in [2.45, 2.75) is 19.4 Å². The van der Waals surface area contributed by atoms with Gasteiger partial charge in [0.25, 0.3) is 5.91 Å². The zero-order chi connectivity index (χ0) is 21.4. The molecule has 0 fully saturated rings. The molecule has 0 heterocycles. The highest BCUT2D eigenvalue weighted by atomic mass is 16.5. The average molecular weight is 401 g/mol. The Hall–Kier alpha value is -3.55. The molecule has 0 aromatic heterocycles. The van der Waals surface area contributed by atoms with E-state index in [1.54, 1.807) is 38.3 Å². The summed E-state index contributed by atoms with van der Waals surface area (Å²) in [4.78, 5) is 36.6. The van der Waals surface area contributed by atoms with Crippen LogP contribution in [0, 0.1) is 0 Å². The monoisotopic (exact) mass is 401 g/mol. The zero-order valence-electron chi connectivity index (χ0n) is 16.7. The van der Waals surface area contributed by atoms with Gasteiger partial charge in [-0.15, -0.1) is 0 Å². The number of hydrogen-bond acceptors (Lipinski definition) is 7. The summed E-state index contributed by atoms with van der Waals surface area (Å²) in [6.07, 6.45) is -0.446. The number of nitrogens with one attached hydrogen (secondary N) is 1. The van der Waals surface area contributed by atoms with E-state index < -0.39 is 23.9 Å². The van der Waals surface area contributed by atoms with Crippen LogP contribution >= 0.6 is 0 Å². The molecule has 0 aliphatic rings. The Morgan fingerprint density at radius 2 is 1.52 bits per heavy atom. The van der Waals surface area contributed by atoms with Crippen molar-refractivity contribution < 1.29 is 33.3 Å². The van der Waals surface area contributed by atoms with Crippen LogP contribution in [-0.4, -0.2) is 45.3 Å². The zero-order valence-corrected chi connectivity index (χ0v) is 16.7. The average Bonchev–Trinajstić information content (AvgIpc) is 2.76. The molecular formula is C21H23NO7. The summed E-state index contributed by atoms with van der Waals surface area (Å²) in [5, 5.41) is 2.64. The Morgan fingerprint density at radius 3 is 2.07 bits per heavy atom. The molecule has 0 bridgehead atoms. The maximum atomic E-state index is 12.8. The molecule has 29 heavy (non-hydrogen) atoms. The second-order valence-corrected chi connectivity index (χ2v) is 5.92. The van der Waals surface area contributed by atoms with E-state index in [1.165, 1.54) is 32.4 Å². The Morgan fingerprint density at radius 1 is 0.897 bits per heavy atom. The molecule has 2 aromatic rings. The van der Waals surface area contributed by atoms with Gasteiger partial charge in [0.15, 0.2) is 6.10 Å². The summed E-state index contributed by atoms with van der Waals surface area (Å²) in [6, 6.07) is 11.0. The Bertz CT molecular complexity index is 877. The fourth-order valence-electron chi connectivity index (χ4n) is 2.53. The van der Waals surface area contributed by atoms with Crippen molar-refractivity contribution in [3.05, 3.63) is 53.6 Å². The van der Waals surface area contributed by atoms with Gasteiger partial charge < -0.3 is 24.3 Å². The van der Waals surface area contributed by atoms with Gasteiger partial charge in [-0.05, 0) is 48.9 Å². The van der Waals surface area contributed by atoms with Gasteiger partial charge in [-0.25, -0.2) is 9.59 Å². The number of esters is 2. The van der Waals surface area contributed by atoms with Crippen LogP contribution in [0.4, 0.5) is 5.69 Å². The van der Waals surface area contributed by atoms with E-state index in [0.717, 1.165) is 0 Å². The van der Waals surface area contributed by atoms with Gasteiger partial charge in [-0.3, -0.25) is 4.79 Å². The highest BCUT2D eigenvalue weighted by Gasteiger charge is 2.22. The number of ether oxygens (including phenoxy) is 4. The molecule has 0 unspecified atom stereocenters. The summed E-state index contributed by atoms with van der Waals surface area (Å²) in [7, 11) is 4.02. The second kappa shape index (κ2) is 10.1. The molecule has 0 radical (unpaired) electrons. The molecule has 0 aliphatic heterocycles. The molecule has 2 rings (SSSR count). The summed E-state index contributed by atoms with van der Waals surface area (Å²) in [6.45, 7) is 1.79. The highest BCUT2D eigenvalue weighted by Crippen LogP contribution is 2.22. The maximum absolute atomic E-state index is 12.8. The fourth-order valence-corrected chi connectivity index (χ4v) is 2.53. The van der Waals surface area contributed by atoms with Crippen molar-refractivity contribution in [2.75, 3.05) is 26.6 Å². The molecule has 1 N–H and O–H groups in total. The first kappa shape index (κ1) is 21.7. The molecule has 0 aliphatic carbocycles. The van der Waals surface area contributed by atoms with E-state index in [9.17, 15) is 14.4 Å². The molecule has 8 nitrogen and oxygen atoms in total. The number of carbonyl (C=O) groups excluding carboxylic acids is 3. The Labute approximate surface area is 168 Å². The van der Waals surface area contributed by atoms with E-state index in [-0.39, 0.29) is 16.8 Å². The van der Waals surface area contributed by atoms with Crippen LogP contribution < -0.4 is 14.8 Å². The third-order valence-electron chi connectivity index (χ3n) is 4.10. The molecular weight excluding hydrogens is 378 g/mol. The first-order valence-corrected chi connectivity index (χ1v) is 8.85. The van der Waals surface area contributed by atoms with E-state index in [0.29, 0.717) is 17.9 Å². The molecule has 154 valence electrons. The number of anilines is 1. The minimum Gasteiger partial charge on any atom is -0.497 e. The van der Waals surface area contributed by atoms with Crippen molar-refractivity contribution >= 4 is 23.5 Å². The van der Waals surface area contributed by atoms with E-state index >= 15 is 0 Å². The molecule has 1 atom stereocenters. The number of benzene rings is 2. The van der Waals surface area contributed by atoms with Gasteiger partial charge in [0.1, 0.15) is 11.5 Å². The summed E-state index contributed by atoms with van der Waals surface area (Å²) < 4.78 is 20.3. The van der Waals surface area contributed by atoms with Gasteiger partial charge >= 0.3 is 11.9 Å². The number of rotatable bonds is 8. The van der Waals surface area contributed by atoms with E-state index in [4.69, 9.17) is 14.2 Å². The van der Waals surface area contributed by atoms with Crippen LogP contribution in [0.3, 0.4) is 0 Å². The number of methoxy groups -OCH3 is 3. The largest absolute Gasteiger partial charge is 0.497 e. The molecule has 1 amide bonds. The van der Waals surface area contributed by atoms with Crippen LogP contribution in [0.5, 0.6) is 11.5 Å². The number of hydrogen-bond donors (Lipinski definition) is 1. The highest BCUT2D eigenvalue weighted by molar-refractivity contribution is 6.04. The Kier molecular flexibility index (Phi) is 7.59. The SMILES string of the molecule is CC[C@@H](Oc1ccc(OC)cc1)C(=O)Nc1cc(C(=O)OC)ccc1C(=O)OC. The van der Waals surface area contributed by atoms with Crippen LogP contribution in [0.1, 0.15) is 34.1 Å². The van der Waals surface area contributed by atoms with Gasteiger partial charge in [0, 0.05) is 0 Å². The minimum atomic E-state index is -0.823. The van der Waals surface area contributed by atoms with Crippen LogP contribution in [-0.2, 0) is 14.3 Å². The van der Waals surface area contributed by atoms with Crippen LogP contribution in [0.2, 0.25) is 0 Å².